The summed E-state index contributed by atoms with van der Waals surface area (Å²) in [5.41, 5.74) is 0. The van der Waals surface area contributed by atoms with E-state index < -0.39 is 0 Å². The fraction of sp³-hybridized carbons (Fsp3) is 0.917. The molecule has 1 N–H and O–H groups in total. The fourth-order valence-electron chi connectivity index (χ4n) is 2.12. The Morgan fingerprint density at radius 2 is 2.07 bits per heavy atom. The zero-order chi connectivity index (χ0) is 11.3. The Morgan fingerprint density at radius 3 is 2.60 bits per heavy atom. The van der Waals surface area contributed by atoms with Crippen molar-refractivity contribution in [2.24, 2.45) is 5.92 Å². The number of nitrogens with zero attached hydrogens (tertiary/aromatic N) is 1. The molecule has 1 unspecified atom stereocenters. The zero-order valence-corrected chi connectivity index (χ0v) is 9.91. The predicted molar refractivity (Wildman–Crippen MR) is 60.5 cm³/mol. The minimum absolute atomic E-state index is 0.238. The largest absolute Gasteiger partial charge is 0.393 e. The van der Waals surface area contributed by atoms with Gasteiger partial charge in [-0.15, -0.1) is 0 Å². The van der Waals surface area contributed by atoms with E-state index in [4.69, 9.17) is 5.11 Å². The summed E-state index contributed by atoms with van der Waals surface area (Å²) < 4.78 is 0. The second kappa shape index (κ2) is 6.11. The summed E-state index contributed by atoms with van der Waals surface area (Å²) in [6.45, 7) is 2.43. The molecule has 0 heterocycles. The van der Waals surface area contributed by atoms with Crippen molar-refractivity contribution in [2.45, 2.75) is 51.6 Å². The number of amides is 1. The van der Waals surface area contributed by atoms with E-state index in [-0.39, 0.29) is 12.0 Å². The normalized spacial score (nSPS) is 19.1. The van der Waals surface area contributed by atoms with Crippen molar-refractivity contribution in [1.82, 2.24) is 4.90 Å². The molecule has 1 amide bonds. The van der Waals surface area contributed by atoms with Crippen LogP contribution in [0, 0.1) is 5.92 Å². The third-order valence-corrected chi connectivity index (χ3v) is 3.25. The van der Waals surface area contributed by atoms with Gasteiger partial charge in [-0.05, 0) is 32.1 Å². The topological polar surface area (TPSA) is 40.5 Å². The molecule has 0 radical (unpaired) electrons. The quantitative estimate of drug-likeness (QED) is 0.756. The molecule has 3 heteroatoms. The summed E-state index contributed by atoms with van der Waals surface area (Å²) >= 11 is 0. The molecule has 0 aromatic heterocycles. The molecular weight excluding hydrogens is 190 g/mol. The highest BCUT2D eigenvalue weighted by Gasteiger charge is 2.20. The van der Waals surface area contributed by atoms with E-state index in [2.05, 4.69) is 0 Å². The van der Waals surface area contributed by atoms with Crippen molar-refractivity contribution in [3.05, 3.63) is 0 Å². The van der Waals surface area contributed by atoms with Crippen molar-refractivity contribution in [3.8, 4) is 0 Å². The highest BCUT2D eigenvalue weighted by atomic mass is 16.3. The molecule has 0 bridgehead atoms. The number of aliphatic hydroxyl groups excluding tert-OH is 1. The van der Waals surface area contributed by atoms with E-state index in [1.54, 1.807) is 11.8 Å². The summed E-state index contributed by atoms with van der Waals surface area (Å²) in [7, 11) is 1.83. The van der Waals surface area contributed by atoms with Gasteiger partial charge in [0, 0.05) is 20.0 Å². The van der Waals surface area contributed by atoms with Crippen molar-refractivity contribution in [1.29, 1.82) is 0 Å². The molecule has 1 atom stereocenters. The summed E-state index contributed by atoms with van der Waals surface area (Å²) in [6.07, 6.45) is 6.08. The van der Waals surface area contributed by atoms with Gasteiger partial charge < -0.3 is 10.0 Å². The third kappa shape index (κ3) is 4.65. The molecule has 1 aliphatic carbocycles. The summed E-state index contributed by atoms with van der Waals surface area (Å²) in [4.78, 5) is 13.5. The maximum atomic E-state index is 11.8. The van der Waals surface area contributed by atoms with Gasteiger partial charge in [0.05, 0.1) is 6.10 Å². The minimum atomic E-state index is -0.313. The highest BCUT2D eigenvalue weighted by molar-refractivity contribution is 5.76. The zero-order valence-electron chi connectivity index (χ0n) is 9.91. The van der Waals surface area contributed by atoms with Crippen molar-refractivity contribution < 1.29 is 9.90 Å². The van der Waals surface area contributed by atoms with Gasteiger partial charge in [0.15, 0.2) is 0 Å². The molecule has 0 aromatic carbocycles. The van der Waals surface area contributed by atoms with E-state index in [9.17, 15) is 4.79 Å². The van der Waals surface area contributed by atoms with Crippen LogP contribution in [0.15, 0.2) is 0 Å². The molecule has 1 rings (SSSR count). The molecule has 88 valence electrons. The van der Waals surface area contributed by atoms with Gasteiger partial charge in [0.25, 0.3) is 0 Å². The average Bonchev–Trinajstić information content (AvgIpc) is 2.66. The summed E-state index contributed by atoms with van der Waals surface area (Å²) in [5.74, 6) is 0.856. The van der Waals surface area contributed by atoms with Crippen LogP contribution in [0.1, 0.15) is 45.4 Å². The van der Waals surface area contributed by atoms with E-state index >= 15 is 0 Å². The molecule has 0 aromatic rings. The Bertz CT molecular complexity index is 198. The minimum Gasteiger partial charge on any atom is -0.393 e. The number of aliphatic hydroxyl groups is 1. The van der Waals surface area contributed by atoms with Crippen LogP contribution in [0.4, 0.5) is 0 Å². The SMILES string of the molecule is CC(O)CCN(C)C(=O)CC1CCCC1. The second-order valence-electron chi connectivity index (χ2n) is 4.81. The molecule has 0 saturated heterocycles. The Hall–Kier alpha value is -0.570. The Labute approximate surface area is 92.5 Å². The summed E-state index contributed by atoms with van der Waals surface area (Å²) in [5, 5.41) is 9.13. The van der Waals surface area contributed by atoms with E-state index in [1.165, 1.54) is 25.7 Å². The molecule has 1 aliphatic rings. The number of carbonyl (C=O) groups excluding carboxylic acids is 1. The van der Waals surface area contributed by atoms with Gasteiger partial charge in [0.2, 0.25) is 5.91 Å². The predicted octanol–water partition coefficient (Wildman–Crippen LogP) is 1.80. The van der Waals surface area contributed by atoms with Crippen molar-refractivity contribution in [3.63, 3.8) is 0 Å². The lowest BCUT2D eigenvalue weighted by Gasteiger charge is -2.19. The first-order valence-corrected chi connectivity index (χ1v) is 6.01. The average molecular weight is 213 g/mol. The summed E-state index contributed by atoms with van der Waals surface area (Å²) in [6, 6.07) is 0. The van der Waals surface area contributed by atoms with Gasteiger partial charge in [-0.25, -0.2) is 0 Å². The van der Waals surface area contributed by atoms with Crippen LogP contribution in [0.5, 0.6) is 0 Å². The maximum absolute atomic E-state index is 11.8. The van der Waals surface area contributed by atoms with Crippen LogP contribution in [-0.2, 0) is 4.79 Å². The van der Waals surface area contributed by atoms with Crippen molar-refractivity contribution in [2.75, 3.05) is 13.6 Å². The van der Waals surface area contributed by atoms with Gasteiger partial charge in [0.1, 0.15) is 0 Å². The molecule has 1 saturated carbocycles. The van der Waals surface area contributed by atoms with Gasteiger partial charge in [-0.1, -0.05) is 12.8 Å². The van der Waals surface area contributed by atoms with Crippen molar-refractivity contribution >= 4 is 5.91 Å². The third-order valence-electron chi connectivity index (χ3n) is 3.25. The first-order valence-electron chi connectivity index (χ1n) is 6.01. The van der Waals surface area contributed by atoms with E-state index in [1.807, 2.05) is 7.05 Å². The lowest BCUT2D eigenvalue weighted by molar-refractivity contribution is -0.131. The first kappa shape index (κ1) is 12.5. The first-order chi connectivity index (χ1) is 7.09. The number of hydrogen-bond donors (Lipinski definition) is 1. The molecule has 0 spiro atoms. The fourth-order valence-corrected chi connectivity index (χ4v) is 2.12. The van der Waals surface area contributed by atoms with Crippen LogP contribution in [0.25, 0.3) is 0 Å². The molecule has 1 fully saturated rings. The van der Waals surface area contributed by atoms with E-state index in [0.717, 1.165) is 0 Å². The molecule has 0 aliphatic heterocycles. The standard InChI is InChI=1S/C12H23NO2/c1-10(14)7-8-13(2)12(15)9-11-5-3-4-6-11/h10-11,14H,3-9H2,1-2H3. The Morgan fingerprint density at radius 1 is 1.47 bits per heavy atom. The molecular formula is C12H23NO2. The van der Waals surface area contributed by atoms with Crippen LogP contribution in [0.3, 0.4) is 0 Å². The highest BCUT2D eigenvalue weighted by Crippen LogP contribution is 2.27. The molecule has 3 nitrogen and oxygen atoms in total. The van der Waals surface area contributed by atoms with Crippen LogP contribution in [-0.4, -0.2) is 35.6 Å². The van der Waals surface area contributed by atoms with Gasteiger partial charge in [-0.3, -0.25) is 4.79 Å². The number of rotatable bonds is 5. The van der Waals surface area contributed by atoms with E-state index in [0.29, 0.717) is 25.3 Å². The second-order valence-corrected chi connectivity index (χ2v) is 4.81. The van der Waals surface area contributed by atoms with Gasteiger partial charge in [-0.2, -0.15) is 0 Å². The van der Waals surface area contributed by atoms with Crippen LogP contribution in [0.2, 0.25) is 0 Å². The molecule has 15 heavy (non-hydrogen) atoms. The Balaban J connectivity index is 2.20. The Kier molecular flexibility index (Phi) is 5.09. The maximum Gasteiger partial charge on any atom is 0.222 e. The van der Waals surface area contributed by atoms with Crippen LogP contribution < -0.4 is 0 Å². The number of carbonyl (C=O) groups is 1. The number of hydrogen-bond acceptors (Lipinski definition) is 2. The van der Waals surface area contributed by atoms with Crippen LogP contribution >= 0.6 is 0 Å². The monoisotopic (exact) mass is 213 g/mol. The van der Waals surface area contributed by atoms with Gasteiger partial charge >= 0.3 is 0 Å². The lowest BCUT2D eigenvalue weighted by Crippen LogP contribution is -2.30. The lowest BCUT2D eigenvalue weighted by atomic mass is 10.0. The smallest absolute Gasteiger partial charge is 0.222 e.